The van der Waals surface area contributed by atoms with Crippen molar-refractivity contribution in [2.75, 3.05) is 12.3 Å². The predicted molar refractivity (Wildman–Crippen MR) is 65.5 cm³/mol. The van der Waals surface area contributed by atoms with Crippen molar-refractivity contribution in [1.82, 2.24) is 19.5 Å². The second-order valence-electron chi connectivity index (χ2n) is 5.05. The summed E-state index contributed by atoms with van der Waals surface area (Å²) in [6, 6.07) is 0. The van der Waals surface area contributed by atoms with Crippen LogP contribution in [0.5, 0.6) is 0 Å². The fourth-order valence-corrected chi connectivity index (χ4v) is 3.13. The summed E-state index contributed by atoms with van der Waals surface area (Å²) in [6.07, 6.45) is 8.53. The maximum absolute atomic E-state index is 9.31. The Kier molecular flexibility index (Phi) is 1.71. The molecule has 0 amide bonds. The number of nitrogens with two attached hydrogens (primary N) is 1. The quantitative estimate of drug-likeness (QED) is 0.740. The van der Waals surface area contributed by atoms with E-state index < -0.39 is 0 Å². The van der Waals surface area contributed by atoms with E-state index in [-0.39, 0.29) is 18.1 Å². The molecular formula is C12H13N5O. The molecule has 0 aliphatic heterocycles. The van der Waals surface area contributed by atoms with Crippen molar-refractivity contribution in [2.45, 2.75) is 12.0 Å². The van der Waals surface area contributed by atoms with Crippen LogP contribution in [-0.4, -0.2) is 31.2 Å². The third-order valence-electron chi connectivity index (χ3n) is 4.20. The van der Waals surface area contributed by atoms with E-state index >= 15 is 0 Å². The molecule has 3 N–H and O–H groups in total. The highest BCUT2D eigenvalue weighted by molar-refractivity contribution is 5.81. The normalized spacial score (nSPS) is 32.9. The molecule has 0 aromatic carbocycles. The zero-order valence-electron chi connectivity index (χ0n) is 9.69. The molecule has 0 bridgehead atoms. The molecule has 2 aliphatic rings. The molecule has 92 valence electrons. The Labute approximate surface area is 103 Å². The van der Waals surface area contributed by atoms with Gasteiger partial charge in [-0.05, 0) is 12.3 Å². The van der Waals surface area contributed by atoms with E-state index in [0.717, 1.165) is 12.1 Å². The van der Waals surface area contributed by atoms with Gasteiger partial charge >= 0.3 is 0 Å². The number of fused-ring (bicyclic) bond motifs is 2. The van der Waals surface area contributed by atoms with E-state index in [9.17, 15) is 5.11 Å². The molecule has 2 heterocycles. The Morgan fingerprint density at radius 2 is 2.33 bits per heavy atom. The fourth-order valence-electron chi connectivity index (χ4n) is 3.13. The van der Waals surface area contributed by atoms with Crippen LogP contribution in [0.15, 0.2) is 24.8 Å². The molecule has 0 saturated heterocycles. The second kappa shape index (κ2) is 3.08. The third-order valence-corrected chi connectivity index (χ3v) is 4.20. The molecule has 1 saturated carbocycles. The highest BCUT2D eigenvalue weighted by Crippen LogP contribution is 2.60. The summed E-state index contributed by atoms with van der Waals surface area (Å²) < 4.78 is 2.07. The molecule has 2 aromatic heterocycles. The van der Waals surface area contributed by atoms with Crippen LogP contribution >= 0.6 is 0 Å². The number of imidazole rings is 1. The molecular weight excluding hydrogens is 230 g/mol. The second-order valence-corrected chi connectivity index (χ2v) is 5.05. The van der Waals surface area contributed by atoms with E-state index in [1.54, 1.807) is 6.33 Å². The Bertz CT molecular complexity index is 664. The summed E-state index contributed by atoms with van der Waals surface area (Å²) in [6.45, 7) is 0.201. The summed E-state index contributed by atoms with van der Waals surface area (Å²) in [5, 5.41) is 9.31. The molecule has 4 rings (SSSR count). The van der Waals surface area contributed by atoms with Crippen LogP contribution in [0.4, 0.5) is 5.82 Å². The van der Waals surface area contributed by atoms with Gasteiger partial charge in [0, 0.05) is 12.5 Å². The van der Waals surface area contributed by atoms with Gasteiger partial charge in [0.15, 0.2) is 11.5 Å². The van der Waals surface area contributed by atoms with Crippen LogP contribution in [0, 0.1) is 11.8 Å². The van der Waals surface area contributed by atoms with Crippen molar-refractivity contribution < 1.29 is 5.11 Å². The summed E-state index contributed by atoms with van der Waals surface area (Å²) in [5.74, 6) is 1.12. The third kappa shape index (κ3) is 1.04. The minimum absolute atomic E-state index is 0.0526. The molecule has 2 aliphatic carbocycles. The largest absolute Gasteiger partial charge is 0.396 e. The first-order valence-electron chi connectivity index (χ1n) is 6.00. The fraction of sp³-hybridized carbons (Fsp3) is 0.417. The number of nitrogen functional groups attached to an aromatic ring is 1. The van der Waals surface area contributed by atoms with Crippen LogP contribution in [0.2, 0.25) is 0 Å². The molecule has 0 spiro atoms. The Morgan fingerprint density at radius 1 is 1.44 bits per heavy atom. The van der Waals surface area contributed by atoms with Crippen LogP contribution in [-0.2, 0) is 5.54 Å². The number of aliphatic hydroxyl groups excluding tert-OH is 1. The monoisotopic (exact) mass is 243 g/mol. The molecule has 1 unspecified atom stereocenters. The lowest BCUT2D eigenvalue weighted by atomic mass is 10.1. The minimum Gasteiger partial charge on any atom is -0.396 e. The number of aliphatic hydroxyl groups is 1. The van der Waals surface area contributed by atoms with Crippen LogP contribution in [0.3, 0.4) is 0 Å². The van der Waals surface area contributed by atoms with Crippen molar-refractivity contribution in [1.29, 1.82) is 0 Å². The van der Waals surface area contributed by atoms with E-state index in [0.29, 0.717) is 17.3 Å². The van der Waals surface area contributed by atoms with Gasteiger partial charge in [-0.3, -0.25) is 0 Å². The van der Waals surface area contributed by atoms with Gasteiger partial charge in [0.1, 0.15) is 11.8 Å². The average molecular weight is 243 g/mol. The van der Waals surface area contributed by atoms with Crippen LogP contribution in [0.1, 0.15) is 6.42 Å². The van der Waals surface area contributed by atoms with E-state index in [1.807, 2.05) is 0 Å². The van der Waals surface area contributed by atoms with Gasteiger partial charge in [0.25, 0.3) is 0 Å². The van der Waals surface area contributed by atoms with Gasteiger partial charge in [-0.2, -0.15) is 0 Å². The van der Waals surface area contributed by atoms with Crippen molar-refractivity contribution in [3.63, 3.8) is 0 Å². The molecule has 0 radical (unpaired) electrons. The molecule has 1 fully saturated rings. The number of hydrogen-bond acceptors (Lipinski definition) is 5. The zero-order valence-corrected chi connectivity index (χ0v) is 9.69. The lowest BCUT2D eigenvalue weighted by Gasteiger charge is -2.12. The minimum atomic E-state index is -0.0526. The first-order valence-corrected chi connectivity index (χ1v) is 6.00. The smallest absolute Gasteiger partial charge is 0.166 e. The molecule has 3 atom stereocenters. The standard InChI is InChI=1S/C12H13N5O/c13-10-9-11(15-5-14-10)17(6-16-9)12-2-1-7(4-18)8(12)3-12/h1-2,5-8,18H,3-4H2,(H2,13,14,15)/t7-,8-,12?/m0/s1. The zero-order chi connectivity index (χ0) is 12.3. The lowest BCUT2D eigenvalue weighted by molar-refractivity contribution is 0.236. The number of aromatic nitrogens is 4. The summed E-state index contributed by atoms with van der Waals surface area (Å²) >= 11 is 0. The number of anilines is 1. The van der Waals surface area contributed by atoms with Gasteiger partial charge in [-0.1, -0.05) is 12.2 Å². The SMILES string of the molecule is Nc1ncnc2c1ncn2C12C=C[C@@H](CO)[C@@H]1C2. The van der Waals surface area contributed by atoms with E-state index in [1.165, 1.54) is 6.33 Å². The van der Waals surface area contributed by atoms with Gasteiger partial charge in [0.2, 0.25) is 0 Å². The van der Waals surface area contributed by atoms with Crippen molar-refractivity contribution >= 4 is 17.0 Å². The highest BCUT2D eigenvalue weighted by Gasteiger charge is 2.60. The van der Waals surface area contributed by atoms with Gasteiger partial charge in [0.05, 0.1) is 11.9 Å². The molecule has 6 nitrogen and oxygen atoms in total. The van der Waals surface area contributed by atoms with Crippen LogP contribution in [0.25, 0.3) is 11.2 Å². The lowest BCUT2D eigenvalue weighted by Crippen LogP contribution is -2.16. The number of nitrogens with zero attached hydrogens (tertiary/aromatic N) is 4. The van der Waals surface area contributed by atoms with Crippen molar-refractivity contribution in [3.05, 3.63) is 24.8 Å². The summed E-state index contributed by atoms with van der Waals surface area (Å²) in [7, 11) is 0. The van der Waals surface area contributed by atoms with E-state index in [2.05, 4.69) is 31.7 Å². The maximum Gasteiger partial charge on any atom is 0.166 e. The predicted octanol–water partition coefficient (Wildman–Crippen LogP) is 0.302. The van der Waals surface area contributed by atoms with Gasteiger partial charge in [-0.25, -0.2) is 15.0 Å². The first-order chi connectivity index (χ1) is 8.76. The molecule has 6 heteroatoms. The van der Waals surface area contributed by atoms with Crippen molar-refractivity contribution in [3.8, 4) is 0 Å². The number of rotatable bonds is 2. The number of allylic oxidation sites excluding steroid dienone is 1. The molecule has 18 heavy (non-hydrogen) atoms. The average Bonchev–Trinajstić information content (AvgIpc) is 2.80. The topological polar surface area (TPSA) is 89.9 Å². The molecule has 2 aromatic rings. The van der Waals surface area contributed by atoms with Crippen molar-refractivity contribution in [2.24, 2.45) is 11.8 Å². The Morgan fingerprint density at radius 3 is 3.06 bits per heavy atom. The van der Waals surface area contributed by atoms with E-state index in [4.69, 9.17) is 5.73 Å². The van der Waals surface area contributed by atoms with Gasteiger partial charge < -0.3 is 15.4 Å². The van der Waals surface area contributed by atoms with Crippen LogP contribution < -0.4 is 5.73 Å². The maximum atomic E-state index is 9.31. The summed E-state index contributed by atoms with van der Waals surface area (Å²) in [4.78, 5) is 12.5. The summed E-state index contributed by atoms with van der Waals surface area (Å²) in [5.41, 5.74) is 7.16. The Hall–Kier alpha value is -1.95. The first kappa shape index (κ1) is 10.0. The highest BCUT2D eigenvalue weighted by atomic mass is 16.3. The number of hydrogen-bond donors (Lipinski definition) is 2. The van der Waals surface area contributed by atoms with Gasteiger partial charge in [-0.15, -0.1) is 0 Å². The Balaban J connectivity index is 1.87.